The molecule has 1 saturated carbocycles. The van der Waals surface area contributed by atoms with Crippen LogP contribution in [0, 0.1) is 0 Å². The van der Waals surface area contributed by atoms with Crippen LogP contribution in [0.5, 0.6) is 0 Å². The zero-order valence-electron chi connectivity index (χ0n) is 22.3. The molecule has 3 aromatic rings. The topological polar surface area (TPSA) is 51.9 Å². The fraction of sp³-hybridized carbons (Fsp3) is 0.516. The van der Waals surface area contributed by atoms with Gasteiger partial charge < -0.3 is 14.6 Å². The van der Waals surface area contributed by atoms with Crippen molar-refractivity contribution >= 4 is 16.9 Å². The molecule has 37 heavy (non-hydrogen) atoms. The number of fused-ring (bicyclic) bond motifs is 6. The predicted molar refractivity (Wildman–Crippen MR) is 149 cm³/mol. The number of rotatable bonds is 5. The van der Waals surface area contributed by atoms with E-state index in [2.05, 4.69) is 63.7 Å². The molecule has 2 fully saturated rings. The lowest BCUT2D eigenvalue weighted by Gasteiger charge is -2.43. The van der Waals surface area contributed by atoms with Gasteiger partial charge in [0.25, 0.3) is 0 Å². The van der Waals surface area contributed by atoms with Crippen LogP contribution in [0.3, 0.4) is 0 Å². The fourth-order valence-electron chi connectivity index (χ4n) is 7.00. The van der Waals surface area contributed by atoms with E-state index in [-0.39, 0.29) is 0 Å². The molecular formula is C31H40N4O2. The Balaban J connectivity index is 1.52. The van der Waals surface area contributed by atoms with Gasteiger partial charge in [-0.1, -0.05) is 49.6 Å². The molecule has 6 rings (SSSR count). The number of hydrogen-bond donors (Lipinski definition) is 1. The Morgan fingerprint density at radius 3 is 2.62 bits per heavy atom. The van der Waals surface area contributed by atoms with Crippen molar-refractivity contribution in [2.24, 2.45) is 0 Å². The van der Waals surface area contributed by atoms with Crippen LogP contribution >= 0.6 is 0 Å². The van der Waals surface area contributed by atoms with E-state index in [4.69, 9.17) is 0 Å². The molecule has 0 bridgehead atoms. The zero-order valence-corrected chi connectivity index (χ0v) is 22.3. The number of carboxylic acid groups (broad SMARTS) is 1. The van der Waals surface area contributed by atoms with E-state index in [9.17, 15) is 9.90 Å². The Bertz CT molecular complexity index is 1290. The number of likely N-dealkylation sites (N-methyl/N-ethyl adjacent to an activating group) is 1. The third-order valence-electron chi connectivity index (χ3n) is 8.96. The highest BCUT2D eigenvalue weighted by molar-refractivity contribution is 5.98. The minimum absolute atomic E-state index is 0.381. The lowest BCUT2D eigenvalue weighted by Crippen LogP contribution is -2.55. The van der Waals surface area contributed by atoms with Crippen LogP contribution in [0.2, 0.25) is 0 Å². The van der Waals surface area contributed by atoms with Gasteiger partial charge in [-0.25, -0.2) is 4.79 Å². The lowest BCUT2D eigenvalue weighted by atomic mass is 9.81. The molecule has 1 saturated heterocycles. The highest BCUT2D eigenvalue weighted by Gasteiger charge is 2.34. The number of piperazine rings is 1. The van der Waals surface area contributed by atoms with Gasteiger partial charge in [0, 0.05) is 68.3 Å². The second kappa shape index (κ2) is 10.2. The summed E-state index contributed by atoms with van der Waals surface area (Å²) in [4.78, 5) is 19.6. The standard InChI is InChI=1S/C31H40N4O2/c1-32(2)14-15-33-16-17-34-19-24-10-6-7-11-26(24)30-29(22-8-4-3-5-9-22)27-13-12-23(31(36)37)18-28(27)35(30)21-25(34)20-33/h6-7,10-13,18,22,25H,3-5,8-9,14-17,19-21H2,1-2H3,(H,36,37). The van der Waals surface area contributed by atoms with Gasteiger partial charge >= 0.3 is 5.97 Å². The SMILES string of the molecule is CN(C)CCN1CCN2Cc3ccccc3-c3c(C4CCCCC4)c4ccc(C(=O)O)cc4n3CC2C1. The molecule has 1 aliphatic carbocycles. The molecular weight excluding hydrogens is 460 g/mol. The molecule has 196 valence electrons. The van der Waals surface area contributed by atoms with Crippen LogP contribution in [-0.4, -0.2) is 83.2 Å². The van der Waals surface area contributed by atoms with E-state index in [1.165, 1.54) is 59.9 Å². The second-order valence-corrected chi connectivity index (χ2v) is 11.6. The monoisotopic (exact) mass is 500 g/mol. The highest BCUT2D eigenvalue weighted by Crippen LogP contribution is 2.46. The Morgan fingerprint density at radius 2 is 1.84 bits per heavy atom. The summed E-state index contributed by atoms with van der Waals surface area (Å²) in [5.41, 5.74) is 7.03. The van der Waals surface area contributed by atoms with Crippen molar-refractivity contribution in [2.75, 3.05) is 46.8 Å². The molecule has 3 heterocycles. The van der Waals surface area contributed by atoms with Gasteiger partial charge in [0.05, 0.1) is 11.3 Å². The third kappa shape index (κ3) is 4.71. The van der Waals surface area contributed by atoms with Crippen LogP contribution in [-0.2, 0) is 13.1 Å². The first kappa shape index (κ1) is 24.7. The minimum atomic E-state index is -0.850. The number of benzene rings is 2. The third-order valence-corrected chi connectivity index (χ3v) is 8.96. The summed E-state index contributed by atoms with van der Waals surface area (Å²) in [6, 6.07) is 15.2. The molecule has 6 heteroatoms. The normalized spacial score (nSPS) is 21.3. The Labute approximate surface area is 220 Å². The highest BCUT2D eigenvalue weighted by atomic mass is 16.4. The van der Waals surface area contributed by atoms with E-state index < -0.39 is 5.97 Å². The van der Waals surface area contributed by atoms with E-state index in [1.807, 2.05) is 12.1 Å². The predicted octanol–water partition coefficient (Wildman–Crippen LogP) is 5.12. The van der Waals surface area contributed by atoms with Crippen LogP contribution in [0.15, 0.2) is 42.5 Å². The molecule has 2 aliphatic heterocycles. The van der Waals surface area contributed by atoms with E-state index in [1.54, 1.807) is 0 Å². The summed E-state index contributed by atoms with van der Waals surface area (Å²) in [6.45, 7) is 7.25. The Morgan fingerprint density at radius 1 is 1.03 bits per heavy atom. The van der Waals surface area contributed by atoms with E-state index in [0.29, 0.717) is 17.5 Å². The number of carbonyl (C=O) groups is 1. The van der Waals surface area contributed by atoms with Gasteiger partial charge in [0.15, 0.2) is 0 Å². The molecule has 6 nitrogen and oxygen atoms in total. The largest absolute Gasteiger partial charge is 0.478 e. The van der Waals surface area contributed by atoms with Crippen molar-refractivity contribution in [2.45, 2.75) is 57.2 Å². The van der Waals surface area contributed by atoms with Gasteiger partial charge in [-0.15, -0.1) is 0 Å². The molecule has 0 amide bonds. The molecule has 0 spiro atoms. The maximum Gasteiger partial charge on any atom is 0.335 e. The van der Waals surface area contributed by atoms with Gasteiger partial charge in [0.1, 0.15) is 0 Å². The van der Waals surface area contributed by atoms with E-state index >= 15 is 0 Å². The Kier molecular flexibility index (Phi) is 6.82. The minimum Gasteiger partial charge on any atom is -0.478 e. The summed E-state index contributed by atoms with van der Waals surface area (Å²) in [5, 5.41) is 11.1. The number of aromatic nitrogens is 1. The number of nitrogens with zero attached hydrogens (tertiary/aromatic N) is 4. The van der Waals surface area contributed by atoms with Crippen molar-refractivity contribution in [1.29, 1.82) is 0 Å². The van der Waals surface area contributed by atoms with Crippen molar-refractivity contribution in [3.63, 3.8) is 0 Å². The van der Waals surface area contributed by atoms with Crippen molar-refractivity contribution in [1.82, 2.24) is 19.3 Å². The number of hydrogen-bond acceptors (Lipinski definition) is 4. The summed E-state index contributed by atoms with van der Waals surface area (Å²) in [5.74, 6) is -0.313. The molecule has 2 aromatic carbocycles. The molecule has 0 radical (unpaired) electrons. The number of aromatic carboxylic acids is 1. The molecule has 1 atom stereocenters. The van der Waals surface area contributed by atoms with Crippen molar-refractivity contribution in [3.8, 4) is 11.3 Å². The van der Waals surface area contributed by atoms with E-state index in [0.717, 1.165) is 51.3 Å². The van der Waals surface area contributed by atoms with Crippen molar-refractivity contribution < 1.29 is 9.90 Å². The first-order chi connectivity index (χ1) is 18.0. The van der Waals surface area contributed by atoms with Gasteiger partial charge in [-0.3, -0.25) is 9.80 Å². The summed E-state index contributed by atoms with van der Waals surface area (Å²) in [7, 11) is 4.29. The maximum atomic E-state index is 12.0. The quantitative estimate of drug-likeness (QED) is 0.527. The van der Waals surface area contributed by atoms with Crippen LogP contribution in [0.1, 0.15) is 59.5 Å². The molecule has 1 aromatic heterocycles. The van der Waals surface area contributed by atoms with Crippen LogP contribution in [0.4, 0.5) is 0 Å². The first-order valence-corrected chi connectivity index (χ1v) is 14.1. The van der Waals surface area contributed by atoms with Crippen LogP contribution < -0.4 is 0 Å². The smallest absolute Gasteiger partial charge is 0.335 e. The zero-order chi connectivity index (χ0) is 25.5. The Hall–Kier alpha value is -2.67. The summed E-state index contributed by atoms with van der Waals surface area (Å²) < 4.78 is 2.51. The van der Waals surface area contributed by atoms with Gasteiger partial charge in [0.2, 0.25) is 0 Å². The molecule has 1 unspecified atom stereocenters. The van der Waals surface area contributed by atoms with Crippen LogP contribution in [0.25, 0.3) is 22.2 Å². The fourth-order valence-corrected chi connectivity index (χ4v) is 7.00. The lowest BCUT2D eigenvalue weighted by molar-refractivity contribution is 0.0558. The van der Waals surface area contributed by atoms with Crippen molar-refractivity contribution in [3.05, 3.63) is 59.2 Å². The summed E-state index contributed by atoms with van der Waals surface area (Å²) >= 11 is 0. The molecule has 3 aliphatic rings. The number of carboxylic acids is 1. The maximum absolute atomic E-state index is 12.0. The van der Waals surface area contributed by atoms with Gasteiger partial charge in [-0.2, -0.15) is 0 Å². The average Bonchev–Trinajstić information content (AvgIpc) is 3.21. The second-order valence-electron chi connectivity index (χ2n) is 11.6. The summed E-state index contributed by atoms with van der Waals surface area (Å²) in [6.07, 6.45) is 6.33. The molecule has 1 N–H and O–H groups in total. The average molecular weight is 501 g/mol. The van der Waals surface area contributed by atoms with Gasteiger partial charge in [-0.05, 0) is 56.1 Å². The first-order valence-electron chi connectivity index (χ1n) is 14.1.